The molecule has 2 N–H and O–H groups in total. The van der Waals surface area contributed by atoms with Crippen LogP contribution in [0.15, 0.2) is 40.4 Å². The van der Waals surface area contributed by atoms with Crippen molar-refractivity contribution < 1.29 is 9.18 Å². The SMILES string of the molecule is O=C(CC1CSc2nc3[nH]ncc3c(=O)n21)NCc1ccc(F)cc1. The van der Waals surface area contributed by atoms with Crippen LogP contribution >= 0.6 is 11.8 Å². The van der Waals surface area contributed by atoms with E-state index in [1.54, 1.807) is 16.7 Å². The molecule has 7 nitrogen and oxygen atoms in total. The molecule has 0 bridgehead atoms. The van der Waals surface area contributed by atoms with Crippen molar-refractivity contribution in [2.45, 2.75) is 24.2 Å². The Morgan fingerprint density at radius 3 is 3.00 bits per heavy atom. The Balaban J connectivity index is 1.47. The highest BCUT2D eigenvalue weighted by Gasteiger charge is 2.28. The maximum Gasteiger partial charge on any atom is 0.265 e. The van der Waals surface area contributed by atoms with Crippen molar-refractivity contribution >= 4 is 28.7 Å². The van der Waals surface area contributed by atoms with E-state index in [0.29, 0.717) is 28.5 Å². The normalized spacial score (nSPS) is 16.1. The smallest absolute Gasteiger partial charge is 0.265 e. The molecule has 0 saturated heterocycles. The van der Waals surface area contributed by atoms with Gasteiger partial charge in [-0.05, 0) is 17.7 Å². The molecule has 0 radical (unpaired) electrons. The standard InChI is InChI=1S/C16H14FN5O2S/c17-10-3-1-9(2-4-10)6-18-13(23)5-11-8-25-16-20-14-12(7-19-21-14)15(24)22(11)16/h1-4,7,11H,5-6,8H2,(H,18,23)(H,19,21). The Labute approximate surface area is 145 Å². The zero-order valence-electron chi connectivity index (χ0n) is 13.0. The number of thioether (sulfide) groups is 1. The van der Waals surface area contributed by atoms with E-state index < -0.39 is 0 Å². The minimum absolute atomic E-state index is 0.165. The molecule has 0 fully saturated rings. The van der Waals surface area contributed by atoms with Gasteiger partial charge in [0.15, 0.2) is 10.8 Å². The van der Waals surface area contributed by atoms with Crippen LogP contribution in [0.5, 0.6) is 0 Å². The molecule has 128 valence electrons. The van der Waals surface area contributed by atoms with Gasteiger partial charge in [0, 0.05) is 18.7 Å². The first-order valence-corrected chi connectivity index (χ1v) is 8.70. The van der Waals surface area contributed by atoms with Crippen LogP contribution in [0.4, 0.5) is 4.39 Å². The molecular formula is C16H14FN5O2S. The molecule has 4 rings (SSSR count). The molecular weight excluding hydrogens is 345 g/mol. The number of fused-ring (bicyclic) bond motifs is 2. The summed E-state index contributed by atoms with van der Waals surface area (Å²) in [6, 6.07) is 5.72. The summed E-state index contributed by atoms with van der Waals surface area (Å²) in [7, 11) is 0. The molecule has 0 spiro atoms. The largest absolute Gasteiger partial charge is 0.352 e. The van der Waals surface area contributed by atoms with Crippen LogP contribution in [0.25, 0.3) is 11.0 Å². The molecule has 2 aromatic heterocycles. The maximum absolute atomic E-state index is 12.9. The summed E-state index contributed by atoms with van der Waals surface area (Å²) in [5.74, 6) is 0.140. The number of carbonyl (C=O) groups excluding carboxylic acids is 1. The van der Waals surface area contributed by atoms with Gasteiger partial charge in [0.25, 0.3) is 5.56 Å². The van der Waals surface area contributed by atoms with Crippen LogP contribution in [-0.4, -0.2) is 31.4 Å². The number of nitrogens with one attached hydrogen (secondary N) is 2. The fraction of sp³-hybridized carbons (Fsp3) is 0.250. The van der Waals surface area contributed by atoms with E-state index in [-0.39, 0.29) is 29.7 Å². The van der Waals surface area contributed by atoms with Gasteiger partial charge in [-0.2, -0.15) is 5.10 Å². The van der Waals surface area contributed by atoms with E-state index in [4.69, 9.17) is 0 Å². The summed E-state index contributed by atoms with van der Waals surface area (Å²) in [5.41, 5.74) is 1.09. The lowest BCUT2D eigenvalue weighted by Gasteiger charge is -2.13. The number of benzene rings is 1. The van der Waals surface area contributed by atoms with E-state index >= 15 is 0 Å². The summed E-state index contributed by atoms with van der Waals surface area (Å²) < 4.78 is 14.5. The van der Waals surface area contributed by atoms with Gasteiger partial charge in [-0.25, -0.2) is 9.37 Å². The van der Waals surface area contributed by atoms with E-state index in [1.165, 1.54) is 30.1 Å². The highest BCUT2D eigenvalue weighted by Crippen LogP contribution is 2.32. The molecule has 0 aliphatic carbocycles. The molecule has 25 heavy (non-hydrogen) atoms. The number of H-pyrrole nitrogens is 1. The number of aromatic amines is 1. The molecule has 1 atom stereocenters. The van der Waals surface area contributed by atoms with Crippen LogP contribution in [0.2, 0.25) is 0 Å². The third kappa shape index (κ3) is 3.02. The van der Waals surface area contributed by atoms with Crippen molar-refractivity contribution in [2.75, 3.05) is 5.75 Å². The van der Waals surface area contributed by atoms with Gasteiger partial charge < -0.3 is 5.32 Å². The van der Waals surface area contributed by atoms with Gasteiger partial charge in [0.2, 0.25) is 5.91 Å². The minimum atomic E-state index is -0.313. The number of hydrogen-bond acceptors (Lipinski definition) is 5. The fourth-order valence-electron chi connectivity index (χ4n) is 2.80. The lowest BCUT2D eigenvalue weighted by Crippen LogP contribution is -2.30. The second-order valence-corrected chi connectivity index (χ2v) is 6.76. The summed E-state index contributed by atoms with van der Waals surface area (Å²) in [6.07, 6.45) is 1.64. The summed E-state index contributed by atoms with van der Waals surface area (Å²) in [5, 5.41) is 10.4. The fourth-order valence-corrected chi connectivity index (χ4v) is 3.93. The first-order valence-electron chi connectivity index (χ1n) is 7.71. The highest BCUT2D eigenvalue weighted by atomic mass is 32.2. The van der Waals surface area contributed by atoms with Crippen LogP contribution in [0, 0.1) is 5.82 Å². The second kappa shape index (κ2) is 6.32. The lowest BCUT2D eigenvalue weighted by molar-refractivity contribution is -0.121. The third-order valence-electron chi connectivity index (χ3n) is 4.08. The van der Waals surface area contributed by atoms with E-state index in [2.05, 4.69) is 20.5 Å². The number of carbonyl (C=O) groups is 1. The molecule has 3 heterocycles. The Morgan fingerprint density at radius 1 is 1.40 bits per heavy atom. The monoisotopic (exact) mass is 359 g/mol. The predicted octanol–water partition coefficient (Wildman–Crippen LogP) is 1.61. The average molecular weight is 359 g/mol. The van der Waals surface area contributed by atoms with Gasteiger partial charge in [-0.1, -0.05) is 23.9 Å². The first-order chi connectivity index (χ1) is 12.1. The number of amides is 1. The zero-order valence-corrected chi connectivity index (χ0v) is 13.8. The lowest BCUT2D eigenvalue weighted by atomic mass is 10.2. The van der Waals surface area contributed by atoms with Crippen molar-refractivity contribution in [3.63, 3.8) is 0 Å². The number of hydrogen-bond donors (Lipinski definition) is 2. The van der Waals surface area contributed by atoms with Crippen molar-refractivity contribution in [3.8, 4) is 0 Å². The van der Waals surface area contributed by atoms with Crippen molar-refractivity contribution in [1.29, 1.82) is 0 Å². The minimum Gasteiger partial charge on any atom is -0.352 e. The molecule has 0 saturated carbocycles. The molecule has 3 aromatic rings. The van der Waals surface area contributed by atoms with Crippen molar-refractivity contribution in [2.24, 2.45) is 0 Å². The Kier molecular flexibility index (Phi) is 4.00. The van der Waals surface area contributed by atoms with Crippen LogP contribution in [-0.2, 0) is 11.3 Å². The Hall–Kier alpha value is -2.68. The molecule has 1 aliphatic heterocycles. The van der Waals surface area contributed by atoms with Crippen molar-refractivity contribution in [3.05, 3.63) is 52.2 Å². The zero-order chi connectivity index (χ0) is 17.4. The molecule has 1 unspecified atom stereocenters. The number of aromatic nitrogens is 4. The molecule has 1 aromatic carbocycles. The van der Waals surface area contributed by atoms with Crippen LogP contribution < -0.4 is 10.9 Å². The predicted molar refractivity (Wildman–Crippen MR) is 90.8 cm³/mol. The Morgan fingerprint density at radius 2 is 2.20 bits per heavy atom. The molecule has 9 heteroatoms. The quantitative estimate of drug-likeness (QED) is 0.691. The van der Waals surface area contributed by atoms with Crippen molar-refractivity contribution in [1.82, 2.24) is 25.1 Å². The second-order valence-electron chi connectivity index (χ2n) is 5.77. The van der Waals surface area contributed by atoms with E-state index in [9.17, 15) is 14.0 Å². The highest BCUT2D eigenvalue weighted by molar-refractivity contribution is 7.99. The first kappa shape index (κ1) is 15.8. The van der Waals surface area contributed by atoms with Gasteiger partial charge in [-0.15, -0.1) is 0 Å². The number of nitrogens with zero attached hydrogens (tertiary/aromatic N) is 3. The molecule has 1 amide bonds. The van der Waals surface area contributed by atoms with E-state index in [0.717, 1.165) is 5.56 Å². The molecule has 1 aliphatic rings. The third-order valence-corrected chi connectivity index (χ3v) is 5.17. The summed E-state index contributed by atoms with van der Waals surface area (Å²) >= 11 is 1.45. The van der Waals surface area contributed by atoms with Crippen LogP contribution in [0.1, 0.15) is 18.0 Å². The van der Waals surface area contributed by atoms with Gasteiger partial charge >= 0.3 is 0 Å². The topological polar surface area (TPSA) is 92.7 Å². The summed E-state index contributed by atoms with van der Waals surface area (Å²) in [4.78, 5) is 29.2. The van der Waals surface area contributed by atoms with Crippen LogP contribution in [0.3, 0.4) is 0 Å². The van der Waals surface area contributed by atoms with E-state index in [1.807, 2.05) is 0 Å². The Bertz CT molecular complexity index is 998. The average Bonchev–Trinajstić information content (AvgIpc) is 3.22. The van der Waals surface area contributed by atoms with Gasteiger partial charge in [0.1, 0.15) is 11.2 Å². The van der Waals surface area contributed by atoms with Gasteiger partial charge in [-0.3, -0.25) is 19.3 Å². The van der Waals surface area contributed by atoms with Gasteiger partial charge in [0.05, 0.1) is 12.2 Å². The number of rotatable bonds is 4. The number of halogens is 1. The maximum atomic E-state index is 12.9. The summed E-state index contributed by atoms with van der Waals surface area (Å²) in [6.45, 7) is 0.319.